The molecule has 1 amide bonds. The Balaban J connectivity index is 1.59. The van der Waals surface area contributed by atoms with Crippen molar-refractivity contribution in [2.75, 3.05) is 6.54 Å². The van der Waals surface area contributed by atoms with Crippen molar-refractivity contribution in [2.45, 2.75) is 65.8 Å². The number of H-pyrrole nitrogens is 1. The molecule has 4 rings (SSSR count). The zero-order chi connectivity index (χ0) is 21.5. The third-order valence-corrected chi connectivity index (χ3v) is 5.57. The first-order chi connectivity index (χ1) is 14.3. The number of fused-ring (bicyclic) bond motifs is 1. The van der Waals surface area contributed by atoms with Gasteiger partial charge in [-0.15, -0.1) is 0 Å². The zero-order valence-electron chi connectivity index (χ0n) is 17.9. The van der Waals surface area contributed by atoms with E-state index in [1.807, 2.05) is 17.6 Å². The van der Waals surface area contributed by atoms with E-state index in [0.29, 0.717) is 41.4 Å². The molecule has 8 nitrogen and oxygen atoms in total. The number of pyridine rings is 1. The summed E-state index contributed by atoms with van der Waals surface area (Å²) in [6.45, 7) is 9.63. The predicted octanol–water partition coefficient (Wildman–Crippen LogP) is 3.94. The number of nitrogens with zero attached hydrogens (tertiary/aromatic N) is 4. The van der Waals surface area contributed by atoms with Gasteiger partial charge in [0.2, 0.25) is 0 Å². The molecule has 1 fully saturated rings. The van der Waals surface area contributed by atoms with E-state index in [4.69, 9.17) is 16.7 Å². The third kappa shape index (κ3) is 4.30. The van der Waals surface area contributed by atoms with E-state index in [1.54, 1.807) is 0 Å². The van der Waals surface area contributed by atoms with Crippen molar-refractivity contribution in [1.82, 2.24) is 30.2 Å². The highest BCUT2D eigenvalue weighted by atomic mass is 32.1. The summed E-state index contributed by atoms with van der Waals surface area (Å²) in [5.41, 5.74) is 2.76. The van der Waals surface area contributed by atoms with E-state index in [0.717, 1.165) is 42.0 Å². The maximum atomic E-state index is 13.2. The lowest BCUT2D eigenvalue weighted by molar-refractivity contribution is 0.0955. The Morgan fingerprint density at radius 2 is 2.17 bits per heavy atom. The molecule has 0 aliphatic heterocycles. The van der Waals surface area contributed by atoms with Gasteiger partial charge in [-0.1, -0.05) is 25.9 Å². The summed E-state index contributed by atoms with van der Waals surface area (Å²) >= 11 is 5.23. The van der Waals surface area contributed by atoms with Crippen LogP contribution in [0.25, 0.3) is 11.1 Å². The second-order valence-corrected chi connectivity index (χ2v) is 9.50. The van der Waals surface area contributed by atoms with Gasteiger partial charge in [0.15, 0.2) is 4.77 Å². The van der Waals surface area contributed by atoms with E-state index in [-0.39, 0.29) is 11.3 Å². The molecule has 1 aliphatic rings. The van der Waals surface area contributed by atoms with E-state index >= 15 is 0 Å². The van der Waals surface area contributed by atoms with E-state index in [9.17, 15) is 4.79 Å². The number of amides is 1. The van der Waals surface area contributed by atoms with Crippen molar-refractivity contribution in [3.63, 3.8) is 0 Å². The van der Waals surface area contributed by atoms with Crippen LogP contribution < -0.4 is 5.32 Å². The minimum atomic E-state index is -0.139. The Morgan fingerprint density at radius 3 is 2.83 bits per heavy atom. The number of rotatable bonds is 7. The molecule has 3 aromatic rings. The predicted molar refractivity (Wildman–Crippen MR) is 116 cm³/mol. The fraction of sp³-hybridized carbons (Fsp3) is 0.571. The summed E-state index contributed by atoms with van der Waals surface area (Å²) in [5.74, 6) is 1.11. The van der Waals surface area contributed by atoms with Crippen molar-refractivity contribution >= 4 is 29.2 Å². The van der Waals surface area contributed by atoms with Gasteiger partial charge in [0.25, 0.3) is 11.6 Å². The standard InChI is InChI=1S/C21H28N6O2S/c1-5-27-16(24-25-20(27)30)8-9-22-18(28)13-10-14(12-6-7-12)23-19-17(13)15(26-29-19)11-21(2,3)4/h10,12H,5-9,11H2,1-4H3,(H,22,28)(H,25,30). The van der Waals surface area contributed by atoms with Gasteiger partial charge in [-0.2, -0.15) is 5.10 Å². The Labute approximate surface area is 180 Å². The van der Waals surface area contributed by atoms with Crippen LogP contribution in [0.15, 0.2) is 10.6 Å². The Morgan fingerprint density at radius 1 is 1.40 bits per heavy atom. The Kier molecular flexibility index (Phi) is 5.48. The number of aromatic nitrogens is 5. The Bertz CT molecular complexity index is 1130. The fourth-order valence-corrected chi connectivity index (χ4v) is 3.95. The summed E-state index contributed by atoms with van der Waals surface area (Å²) in [4.78, 5) is 17.8. The number of carbonyl (C=O) groups is 1. The normalized spacial score (nSPS) is 14.4. The van der Waals surface area contributed by atoms with Gasteiger partial charge < -0.3 is 14.4 Å². The molecule has 160 valence electrons. The Hall–Kier alpha value is -2.55. The van der Waals surface area contributed by atoms with Crippen LogP contribution in [-0.4, -0.2) is 37.4 Å². The van der Waals surface area contributed by atoms with Gasteiger partial charge in [0.05, 0.1) is 16.6 Å². The summed E-state index contributed by atoms with van der Waals surface area (Å²) in [7, 11) is 0. The smallest absolute Gasteiger partial charge is 0.259 e. The van der Waals surface area contributed by atoms with Gasteiger partial charge in [-0.05, 0) is 49.9 Å². The van der Waals surface area contributed by atoms with Crippen LogP contribution in [0, 0.1) is 10.2 Å². The lowest BCUT2D eigenvalue weighted by Crippen LogP contribution is -2.27. The van der Waals surface area contributed by atoms with Crippen LogP contribution in [0.1, 0.15) is 74.0 Å². The lowest BCUT2D eigenvalue weighted by atomic mass is 9.89. The molecular formula is C21H28N6O2S. The molecule has 0 bridgehead atoms. The molecule has 0 spiro atoms. The van der Waals surface area contributed by atoms with Gasteiger partial charge in [-0.3, -0.25) is 9.89 Å². The van der Waals surface area contributed by atoms with Crippen LogP contribution in [0.3, 0.4) is 0 Å². The van der Waals surface area contributed by atoms with Gasteiger partial charge in [0.1, 0.15) is 5.82 Å². The molecule has 3 aromatic heterocycles. The van der Waals surface area contributed by atoms with E-state index in [2.05, 4.69) is 46.4 Å². The average molecular weight is 429 g/mol. The molecule has 1 aliphatic carbocycles. The summed E-state index contributed by atoms with van der Waals surface area (Å²) in [5, 5.41) is 15.1. The highest BCUT2D eigenvalue weighted by Gasteiger charge is 2.30. The maximum absolute atomic E-state index is 13.2. The fourth-order valence-electron chi connectivity index (χ4n) is 3.67. The van der Waals surface area contributed by atoms with E-state index < -0.39 is 0 Å². The molecule has 30 heavy (non-hydrogen) atoms. The highest BCUT2D eigenvalue weighted by Crippen LogP contribution is 2.40. The molecule has 9 heteroatoms. The van der Waals surface area contributed by atoms with Gasteiger partial charge >= 0.3 is 0 Å². The number of carbonyl (C=O) groups excluding carboxylic acids is 1. The number of aromatic amines is 1. The summed E-state index contributed by atoms with van der Waals surface area (Å²) in [6.07, 6.45) is 3.50. The number of hydrogen-bond acceptors (Lipinski definition) is 6. The molecule has 3 heterocycles. The largest absolute Gasteiger partial charge is 0.352 e. The number of hydrogen-bond donors (Lipinski definition) is 2. The van der Waals surface area contributed by atoms with Gasteiger partial charge in [0, 0.05) is 31.1 Å². The van der Waals surface area contributed by atoms with Gasteiger partial charge in [-0.25, -0.2) is 4.98 Å². The van der Waals surface area contributed by atoms with E-state index in [1.165, 1.54) is 0 Å². The molecule has 0 unspecified atom stereocenters. The molecule has 0 radical (unpaired) electrons. The second kappa shape index (κ2) is 7.94. The molecule has 0 saturated heterocycles. The monoisotopic (exact) mass is 428 g/mol. The van der Waals surface area contributed by atoms with Crippen molar-refractivity contribution in [2.24, 2.45) is 5.41 Å². The first kappa shape index (κ1) is 20.7. The zero-order valence-corrected chi connectivity index (χ0v) is 18.7. The SMILES string of the molecule is CCn1c(CCNC(=O)c2cc(C3CC3)nc3onc(CC(C)(C)C)c23)n[nH]c1=S. The van der Waals surface area contributed by atoms with Crippen molar-refractivity contribution in [3.8, 4) is 0 Å². The number of nitrogens with one attached hydrogen (secondary N) is 2. The van der Waals surface area contributed by atoms with Crippen molar-refractivity contribution in [3.05, 3.63) is 33.6 Å². The second-order valence-electron chi connectivity index (χ2n) is 9.11. The quantitative estimate of drug-likeness (QED) is 0.553. The minimum absolute atomic E-state index is 0.0162. The molecule has 0 atom stereocenters. The van der Waals surface area contributed by atoms with Crippen molar-refractivity contribution < 1.29 is 9.32 Å². The minimum Gasteiger partial charge on any atom is -0.352 e. The average Bonchev–Trinajstić information content (AvgIpc) is 3.38. The first-order valence-corrected chi connectivity index (χ1v) is 10.9. The first-order valence-electron chi connectivity index (χ1n) is 10.5. The third-order valence-electron chi connectivity index (χ3n) is 5.26. The summed E-state index contributed by atoms with van der Waals surface area (Å²) in [6, 6.07) is 1.92. The molecule has 2 N–H and O–H groups in total. The molecule has 0 aromatic carbocycles. The van der Waals surface area contributed by atoms with Crippen molar-refractivity contribution in [1.29, 1.82) is 0 Å². The van der Waals surface area contributed by atoms with Crippen LogP contribution >= 0.6 is 12.2 Å². The lowest BCUT2D eigenvalue weighted by Gasteiger charge is -2.16. The highest BCUT2D eigenvalue weighted by molar-refractivity contribution is 7.71. The van der Waals surface area contributed by atoms with Crippen LogP contribution in [0.2, 0.25) is 0 Å². The van der Waals surface area contributed by atoms with Crippen LogP contribution in [0.4, 0.5) is 0 Å². The molecular weight excluding hydrogens is 400 g/mol. The van der Waals surface area contributed by atoms with Crippen LogP contribution in [-0.2, 0) is 19.4 Å². The van der Waals surface area contributed by atoms with Crippen LogP contribution in [0.5, 0.6) is 0 Å². The maximum Gasteiger partial charge on any atom is 0.259 e. The topological polar surface area (TPSA) is 102 Å². The molecule has 1 saturated carbocycles. The summed E-state index contributed by atoms with van der Waals surface area (Å²) < 4.78 is 8.07.